The summed E-state index contributed by atoms with van der Waals surface area (Å²) in [5, 5.41) is 4.51. The molecule has 2 amide bonds. The van der Waals surface area contributed by atoms with Crippen molar-refractivity contribution < 1.29 is 9.59 Å². The Labute approximate surface area is 146 Å². The van der Waals surface area contributed by atoms with Crippen molar-refractivity contribution in [1.29, 1.82) is 0 Å². The predicted octanol–water partition coefficient (Wildman–Crippen LogP) is 1.69. The van der Waals surface area contributed by atoms with Crippen molar-refractivity contribution in [3.8, 4) is 0 Å². The van der Waals surface area contributed by atoms with Crippen molar-refractivity contribution in [3.63, 3.8) is 0 Å². The molecule has 3 rings (SSSR count). The lowest BCUT2D eigenvalue weighted by molar-refractivity contribution is 0.0576. The molecule has 1 fully saturated rings. The van der Waals surface area contributed by atoms with E-state index in [-0.39, 0.29) is 11.9 Å². The Morgan fingerprint density at radius 3 is 2.68 bits per heavy atom. The van der Waals surface area contributed by atoms with Crippen LogP contribution in [0.5, 0.6) is 0 Å². The number of carbonyl (C=O) groups excluding carboxylic acids is 2. The largest absolute Gasteiger partial charge is 0.366 e. The summed E-state index contributed by atoms with van der Waals surface area (Å²) >= 11 is 0. The van der Waals surface area contributed by atoms with Crippen LogP contribution in [0.2, 0.25) is 0 Å². The summed E-state index contributed by atoms with van der Waals surface area (Å²) in [7, 11) is 0. The van der Waals surface area contributed by atoms with Crippen molar-refractivity contribution in [2.75, 3.05) is 6.54 Å². The minimum Gasteiger partial charge on any atom is -0.366 e. The Kier molecular flexibility index (Phi) is 4.83. The smallest absolute Gasteiger partial charge is 0.272 e. The third kappa shape index (κ3) is 3.70. The Morgan fingerprint density at radius 1 is 1.28 bits per heavy atom. The summed E-state index contributed by atoms with van der Waals surface area (Å²) in [4.78, 5) is 30.0. The minimum absolute atomic E-state index is 0.0943. The fraction of sp³-hybridized carbons (Fsp3) is 0.444. The second kappa shape index (κ2) is 7.04. The predicted molar refractivity (Wildman–Crippen MR) is 93.1 cm³/mol. The Bertz CT molecular complexity index is 781. The lowest BCUT2D eigenvalue weighted by atomic mass is 10.0. The number of carbonyl (C=O) groups is 2. The molecule has 0 aromatic carbocycles. The molecule has 1 aliphatic rings. The van der Waals surface area contributed by atoms with E-state index in [1.165, 1.54) is 6.20 Å². The van der Waals surface area contributed by atoms with E-state index in [0.717, 1.165) is 30.7 Å². The molecule has 2 N–H and O–H groups in total. The third-order valence-electron chi connectivity index (χ3n) is 4.64. The van der Waals surface area contributed by atoms with Gasteiger partial charge in [-0.05, 0) is 51.3 Å². The molecule has 7 nitrogen and oxygen atoms in total. The van der Waals surface area contributed by atoms with Crippen molar-refractivity contribution in [1.82, 2.24) is 19.7 Å². The Hall–Kier alpha value is -2.70. The van der Waals surface area contributed by atoms with Crippen LogP contribution in [-0.2, 0) is 6.54 Å². The quantitative estimate of drug-likeness (QED) is 0.915. The van der Waals surface area contributed by atoms with E-state index in [2.05, 4.69) is 10.1 Å². The zero-order valence-corrected chi connectivity index (χ0v) is 14.6. The van der Waals surface area contributed by atoms with E-state index < -0.39 is 5.91 Å². The van der Waals surface area contributed by atoms with Gasteiger partial charge in [-0.3, -0.25) is 19.3 Å². The zero-order valence-electron chi connectivity index (χ0n) is 14.6. The van der Waals surface area contributed by atoms with E-state index in [1.54, 1.807) is 12.1 Å². The standard InChI is InChI=1S/C18H23N5O2/c1-12-9-13(2)23(21-12)11-15-5-3-4-8-22(15)18(25)16-7-6-14(10-20-16)17(19)24/h6-7,9-10,15H,3-5,8,11H2,1-2H3,(H2,19,24)/t15-/m1/s1. The second-order valence-corrected chi connectivity index (χ2v) is 6.55. The highest BCUT2D eigenvalue weighted by molar-refractivity contribution is 5.95. The van der Waals surface area contributed by atoms with E-state index in [4.69, 9.17) is 5.73 Å². The molecule has 1 atom stereocenters. The molecule has 0 bridgehead atoms. The van der Waals surface area contributed by atoms with Gasteiger partial charge >= 0.3 is 0 Å². The van der Waals surface area contributed by atoms with Crippen LogP contribution in [0.1, 0.15) is 51.5 Å². The van der Waals surface area contributed by atoms with Gasteiger partial charge in [-0.25, -0.2) is 0 Å². The summed E-state index contributed by atoms with van der Waals surface area (Å²) in [6, 6.07) is 5.25. The van der Waals surface area contributed by atoms with E-state index >= 15 is 0 Å². The molecule has 2 aromatic heterocycles. The number of hydrogen-bond donors (Lipinski definition) is 1. The molecule has 0 aliphatic carbocycles. The van der Waals surface area contributed by atoms with Crippen molar-refractivity contribution in [2.24, 2.45) is 5.73 Å². The number of piperidine rings is 1. The zero-order chi connectivity index (χ0) is 18.0. The number of nitrogens with zero attached hydrogens (tertiary/aromatic N) is 4. The van der Waals surface area contributed by atoms with Gasteiger partial charge in [0.15, 0.2) is 0 Å². The van der Waals surface area contributed by atoms with Crippen LogP contribution in [-0.4, -0.2) is 44.1 Å². The van der Waals surface area contributed by atoms with Crippen molar-refractivity contribution in [3.05, 3.63) is 47.0 Å². The molecule has 0 unspecified atom stereocenters. The monoisotopic (exact) mass is 341 g/mol. The van der Waals surface area contributed by atoms with Gasteiger partial charge in [0.05, 0.1) is 23.8 Å². The number of amides is 2. The molecule has 132 valence electrons. The summed E-state index contributed by atoms with van der Waals surface area (Å²) in [6.07, 6.45) is 4.39. The maximum atomic E-state index is 12.9. The van der Waals surface area contributed by atoms with Crippen LogP contribution < -0.4 is 5.73 Å². The average molecular weight is 341 g/mol. The number of pyridine rings is 1. The number of nitrogens with two attached hydrogens (primary N) is 1. The minimum atomic E-state index is -0.549. The molecule has 0 spiro atoms. The van der Waals surface area contributed by atoms with Crippen LogP contribution in [0.4, 0.5) is 0 Å². The summed E-state index contributed by atoms with van der Waals surface area (Å²) in [6.45, 7) is 5.39. The van der Waals surface area contributed by atoms with Crippen LogP contribution in [0.3, 0.4) is 0 Å². The number of hydrogen-bond acceptors (Lipinski definition) is 4. The molecule has 25 heavy (non-hydrogen) atoms. The van der Waals surface area contributed by atoms with Crippen molar-refractivity contribution in [2.45, 2.75) is 45.7 Å². The topological polar surface area (TPSA) is 94.1 Å². The van der Waals surface area contributed by atoms with Gasteiger partial charge < -0.3 is 10.6 Å². The van der Waals surface area contributed by atoms with Crippen LogP contribution in [0.25, 0.3) is 0 Å². The number of rotatable bonds is 4. The highest BCUT2D eigenvalue weighted by Crippen LogP contribution is 2.21. The Morgan fingerprint density at radius 2 is 2.08 bits per heavy atom. The van der Waals surface area contributed by atoms with Gasteiger partial charge in [-0.1, -0.05) is 0 Å². The molecule has 1 aliphatic heterocycles. The molecular weight excluding hydrogens is 318 g/mol. The molecule has 0 radical (unpaired) electrons. The van der Waals surface area contributed by atoms with E-state index in [0.29, 0.717) is 24.3 Å². The molecule has 2 aromatic rings. The maximum absolute atomic E-state index is 12.9. The third-order valence-corrected chi connectivity index (χ3v) is 4.64. The fourth-order valence-electron chi connectivity index (χ4n) is 3.33. The summed E-state index contributed by atoms with van der Waals surface area (Å²) in [5.74, 6) is -0.658. The molecular formula is C18H23N5O2. The SMILES string of the molecule is Cc1cc(C)n(C[C@H]2CCCCN2C(=O)c2ccc(C(N)=O)cn2)n1. The summed E-state index contributed by atoms with van der Waals surface area (Å²) < 4.78 is 1.97. The van der Waals surface area contributed by atoms with Crippen LogP contribution >= 0.6 is 0 Å². The average Bonchev–Trinajstić information content (AvgIpc) is 2.92. The molecule has 3 heterocycles. The first-order chi connectivity index (χ1) is 12.0. The highest BCUT2D eigenvalue weighted by Gasteiger charge is 2.29. The number of likely N-dealkylation sites (tertiary alicyclic amines) is 1. The first-order valence-electron chi connectivity index (χ1n) is 8.53. The number of aryl methyl sites for hydroxylation is 2. The van der Waals surface area contributed by atoms with Crippen molar-refractivity contribution >= 4 is 11.8 Å². The van der Waals surface area contributed by atoms with Gasteiger partial charge in [0.1, 0.15) is 5.69 Å². The van der Waals surface area contributed by atoms with Gasteiger partial charge in [0.2, 0.25) is 5.91 Å². The van der Waals surface area contributed by atoms with Crippen LogP contribution in [0.15, 0.2) is 24.4 Å². The molecule has 0 saturated carbocycles. The lowest BCUT2D eigenvalue weighted by Crippen LogP contribution is -2.46. The van der Waals surface area contributed by atoms with E-state index in [9.17, 15) is 9.59 Å². The van der Waals surface area contributed by atoms with E-state index in [1.807, 2.05) is 29.5 Å². The van der Waals surface area contributed by atoms with Gasteiger partial charge in [-0.2, -0.15) is 5.10 Å². The van der Waals surface area contributed by atoms with Crippen LogP contribution in [0, 0.1) is 13.8 Å². The highest BCUT2D eigenvalue weighted by atomic mass is 16.2. The van der Waals surface area contributed by atoms with Gasteiger partial charge in [0, 0.05) is 18.4 Å². The Balaban J connectivity index is 1.78. The second-order valence-electron chi connectivity index (χ2n) is 6.55. The van der Waals surface area contributed by atoms with Gasteiger partial charge in [0.25, 0.3) is 5.91 Å². The first kappa shape index (κ1) is 17.1. The molecule has 7 heteroatoms. The normalized spacial score (nSPS) is 17.5. The first-order valence-corrected chi connectivity index (χ1v) is 8.53. The molecule has 1 saturated heterocycles. The fourth-order valence-corrected chi connectivity index (χ4v) is 3.33. The number of primary amides is 1. The van der Waals surface area contributed by atoms with Gasteiger partial charge in [-0.15, -0.1) is 0 Å². The maximum Gasteiger partial charge on any atom is 0.272 e. The lowest BCUT2D eigenvalue weighted by Gasteiger charge is -2.35. The number of aromatic nitrogens is 3. The summed E-state index contributed by atoms with van der Waals surface area (Å²) in [5.41, 5.74) is 7.94.